The molecule has 1 rings (SSSR count). The average molecular weight is 160 g/mol. The number of thioether (sulfide) groups is 1. The molecular weight excluding hydrogens is 152 g/mol. The zero-order valence-electron chi connectivity index (χ0n) is 5.37. The van der Waals surface area contributed by atoms with Gasteiger partial charge in [0.15, 0.2) is 0 Å². The zero-order chi connectivity index (χ0) is 7.56. The Morgan fingerprint density at radius 2 is 2.60 bits per heavy atom. The third-order valence-corrected chi connectivity index (χ3v) is 2.24. The molecule has 0 aromatic rings. The summed E-state index contributed by atoms with van der Waals surface area (Å²) in [6, 6.07) is 0. The molecule has 0 aromatic carbocycles. The van der Waals surface area contributed by atoms with Crippen LogP contribution in [0.1, 0.15) is 6.42 Å². The van der Waals surface area contributed by atoms with Crippen LogP contribution in [-0.2, 0) is 0 Å². The number of nitrogens with one attached hydrogen (secondary N) is 1. The first-order valence-corrected chi connectivity index (χ1v) is 3.94. The summed E-state index contributed by atoms with van der Waals surface area (Å²) in [6.07, 6.45) is 0.828. The Kier molecular flexibility index (Phi) is 2.16. The summed E-state index contributed by atoms with van der Waals surface area (Å²) in [4.78, 5) is 9.84. The number of nitro groups is 1. The van der Waals surface area contributed by atoms with Crippen molar-refractivity contribution in [1.29, 1.82) is 0 Å². The second kappa shape index (κ2) is 2.92. The van der Waals surface area contributed by atoms with Crippen LogP contribution in [0.3, 0.4) is 0 Å². The van der Waals surface area contributed by atoms with Crippen LogP contribution in [0.2, 0.25) is 0 Å². The molecule has 1 atom stereocenters. The van der Waals surface area contributed by atoms with E-state index < -0.39 is 5.50 Å². The smallest absolute Gasteiger partial charge is 0.319 e. The summed E-state index contributed by atoms with van der Waals surface area (Å²) in [5.41, 5.74) is 0.0849. The lowest BCUT2D eigenvalue weighted by molar-refractivity contribution is -0.500. The van der Waals surface area contributed by atoms with Crippen molar-refractivity contribution >= 4 is 11.8 Å². The molecule has 0 aromatic heterocycles. The zero-order valence-corrected chi connectivity index (χ0v) is 6.19. The number of allylic oxidation sites excluding steroid dienone is 1. The molecule has 1 unspecified atom stereocenters. The van der Waals surface area contributed by atoms with Gasteiger partial charge in [0.25, 0.3) is 0 Å². The van der Waals surface area contributed by atoms with E-state index in [0.717, 1.165) is 17.9 Å². The lowest BCUT2D eigenvalue weighted by Crippen LogP contribution is -2.35. The summed E-state index contributed by atoms with van der Waals surface area (Å²) in [7, 11) is 0. The third kappa shape index (κ3) is 1.63. The maximum absolute atomic E-state index is 10.2. The molecular formula is C5H8N2O2S. The summed E-state index contributed by atoms with van der Waals surface area (Å²) in [5, 5.41) is 12.9. The first kappa shape index (κ1) is 7.40. The Bertz CT molecular complexity index is 169. The molecule has 56 valence electrons. The van der Waals surface area contributed by atoms with Gasteiger partial charge in [-0.25, -0.2) is 0 Å². The Hall–Kier alpha value is -0.710. The van der Waals surface area contributed by atoms with Crippen LogP contribution in [0.25, 0.3) is 0 Å². The number of hydrogen-bond acceptors (Lipinski definition) is 4. The van der Waals surface area contributed by atoms with E-state index in [1.165, 1.54) is 11.8 Å². The van der Waals surface area contributed by atoms with Gasteiger partial charge < -0.3 is 5.32 Å². The predicted molar refractivity (Wildman–Crippen MR) is 40.1 cm³/mol. The number of rotatable bonds is 1. The molecule has 0 radical (unpaired) electrons. The van der Waals surface area contributed by atoms with Crippen molar-refractivity contribution < 1.29 is 4.92 Å². The second-order valence-corrected chi connectivity index (χ2v) is 3.19. The fourth-order valence-corrected chi connectivity index (χ4v) is 1.66. The average Bonchev–Trinajstić information content (AvgIpc) is 1.88. The van der Waals surface area contributed by atoms with Gasteiger partial charge in [0, 0.05) is 11.4 Å². The fourth-order valence-electron chi connectivity index (χ4n) is 0.696. The van der Waals surface area contributed by atoms with Gasteiger partial charge >= 0.3 is 5.50 Å². The highest BCUT2D eigenvalue weighted by molar-refractivity contribution is 7.99. The van der Waals surface area contributed by atoms with Crippen molar-refractivity contribution in [2.24, 2.45) is 0 Å². The van der Waals surface area contributed by atoms with Crippen molar-refractivity contribution in [3.63, 3.8) is 0 Å². The van der Waals surface area contributed by atoms with Crippen LogP contribution >= 0.6 is 11.8 Å². The van der Waals surface area contributed by atoms with E-state index >= 15 is 0 Å². The Balaban J connectivity index is 2.47. The van der Waals surface area contributed by atoms with Gasteiger partial charge in [0.2, 0.25) is 0 Å². The van der Waals surface area contributed by atoms with Crippen LogP contribution in [0.15, 0.2) is 12.3 Å². The fraction of sp³-hybridized carbons (Fsp3) is 0.600. The maximum atomic E-state index is 10.2. The number of hydrogen-bond donors (Lipinski definition) is 1. The Labute approximate surface area is 62.8 Å². The number of nitrogens with zero attached hydrogens (tertiary/aromatic N) is 1. The molecule has 0 spiro atoms. The van der Waals surface area contributed by atoms with Gasteiger partial charge in [-0.2, -0.15) is 0 Å². The summed E-state index contributed by atoms with van der Waals surface area (Å²) in [6.45, 7) is 3.62. The molecule has 1 heterocycles. The molecule has 0 amide bonds. The first-order valence-electron chi connectivity index (χ1n) is 2.89. The monoisotopic (exact) mass is 160 g/mol. The van der Waals surface area contributed by atoms with Gasteiger partial charge in [-0.1, -0.05) is 18.3 Å². The summed E-state index contributed by atoms with van der Waals surface area (Å²) >= 11 is 1.30. The molecule has 1 aliphatic rings. The van der Waals surface area contributed by atoms with Crippen LogP contribution in [0, 0.1) is 10.1 Å². The Morgan fingerprint density at radius 3 is 3.00 bits per heavy atom. The lowest BCUT2D eigenvalue weighted by Gasteiger charge is -2.18. The Morgan fingerprint density at radius 1 is 1.90 bits per heavy atom. The second-order valence-electron chi connectivity index (χ2n) is 2.01. The largest absolute Gasteiger partial charge is 0.332 e. The van der Waals surface area contributed by atoms with E-state index in [4.69, 9.17) is 0 Å². The topological polar surface area (TPSA) is 55.2 Å². The van der Waals surface area contributed by atoms with Crippen molar-refractivity contribution in [3.05, 3.63) is 22.4 Å². The summed E-state index contributed by atoms with van der Waals surface area (Å²) in [5.74, 6) is 0.789. The van der Waals surface area contributed by atoms with E-state index in [1.54, 1.807) is 0 Å². The molecule has 5 heteroatoms. The molecule has 10 heavy (non-hydrogen) atoms. The van der Waals surface area contributed by atoms with Gasteiger partial charge in [0.05, 0.1) is 4.92 Å². The predicted octanol–water partition coefficient (Wildman–Crippen LogP) is 0.787. The molecule has 1 saturated heterocycles. The highest BCUT2D eigenvalue weighted by Gasteiger charge is 2.23. The summed E-state index contributed by atoms with van der Waals surface area (Å²) < 4.78 is 0. The highest BCUT2D eigenvalue weighted by Crippen LogP contribution is 2.18. The maximum Gasteiger partial charge on any atom is 0.332 e. The quantitative estimate of drug-likeness (QED) is 0.455. The minimum atomic E-state index is -0.679. The third-order valence-electron chi connectivity index (χ3n) is 1.20. The normalized spacial score (nSPS) is 25.6. The van der Waals surface area contributed by atoms with E-state index in [0.29, 0.717) is 0 Å². The van der Waals surface area contributed by atoms with E-state index in [1.807, 2.05) is 0 Å². The van der Waals surface area contributed by atoms with Crippen LogP contribution in [0.5, 0.6) is 0 Å². The SMILES string of the molecule is C=C1CCSC([N+](=O)[O-])N1. The van der Waals surface area contributed by atoms with Crippen LogP contribution in [0.4, 0.5) is 0 Å². The van der Waals surface area contributed by atoms with Crippen molar-refractivity contribution in [3.8, 4) is 0 Å². The first-order chi connectivity index (χ1) is 4.70. The standard InChI is InChI=1S/C5H8N2O2S/c1-4-2-3-10-5(6-4)7(8)9/h5-6H,1-3H2. The van der Waals surface area contributed by atoms with Crippen LogP contribution < -0.4 is 5.32 Å². The molecule has 4 nitrogen and oxygen atoms in total. The van der Waals surface area contributed by atoms with Crippen molar-refractivity contribution in [1.82, 2.24) is 5.32 Å². The minimum Gasteiger partial charge on any atom is -0.319 e. The molecule has 1 N–H and O–H groups in total. The molecule has 0 saturated carbocycles. The van der Waals surface area contributed by atoms with E-state index in [9.17, 15) is 10.1 Å². The molecule has 1 fully saturated rings. The van der Waals surface area contributed by atoms with Crippen molar-refractivity contribution in [2.75, 3.05) is 5.75 Å². The molecule has 1 aliphatic heterocycles. The highest BCUT2D eigenvalue weighted by atomic mass is 32.2. The van der Waals surface area contributed by atoms with Crippen molar-refractivity contribution in [2.45, 2.75) is 11.9 Å². The minimum absolute atomic E-state index is 0.338. The van der Waals surface area contributed by atoms with Gasteiger partial charge in [-0.3, -0.25) is 10.1 Å². The van der Waals surface area contributed by atoms with Gasteiger partial charge in [-0.15, -0.1) is 0 Å². The lowest BCUT2D eigenvalue weighted by atomic mass is 10.4. The van der Waals surface area contributed by atoms with Gasteiger partial charge in [0.1, 0.15) is 0 Å². The molecule has 0 aliphatic carbocycles. The van der Waals surface area contributed by atoms with Gasteiger partial charge in [-0.05, 0) is 6.42 Å². The van der Waals surface area contributed by atoms with E-state index in [2.05, 4.69) is 11.9 Å². The molecule has 0 bridgehead atoms. The van der Waals surface area contributed by atoms with Crippen LogP contribution in [-0.4, -0.2) is 16.2 Å². The van der Waals surface area contributed by atoms with E-state index in [-0.39, 0.29) is 4.92 Å².